The molecule has 4 nitrogen and oxygen atoms in total. The molecule has 0 amide bonds. The standard InChI is InChI=1S/C18H17N3OS/c1-10(2)15-6-7-16(23-15)21-18(22)13-9-19-14-8-11(3)4-5-12(14)17(13)20-21/h4-10,20H,1-3H3. The number of pyridine rings is 1. The second-order valence-electron chi connectivity index (χ2n) is 6.15. The predicted molar refractivity (Wildman–Crippen MR) is 95.9 cm³/mol. The second kappa shape index (κ2) is 5.06. The third kappa shape index (κ3) is 2.19. The van der Waals surface area contributed by atoms with Crippen molar-refractivity contribution in [3.05, 3.63) is 57.3 Å². The van der Waals surface area contributed by atoms with Crippen molar-refractivity contribution < 1.29 is 0 Å². The van der Waals surface area contributed by atoms with Crippen LogP contribution >= 0.6 is 11.3 Å². The zero-order valence-electron chi connectivity index (χ0n) is 13.3. The molecule has 0 aliphatic heterocycles. The average Bonchev–Trinajstić information content (AvgIpc) is 3.12. The molecule has 0 unspecified atom stereocenters. The third-order valence-corrected chi connectivity index (χ3v) is 5.45. The van der Waals surface area contributed by atoms with Crippen LogP contribution in [0.15, 0.2) is 41.3 Å². The highest BCUT2D eigenvalue weighted by Crippen LogP contribution is 2.27. The first-order valence-electron chi connectivity index (χ1n) is 7.65. The lowest BCUT2D eigenvalue weighted by Gasteiger charge is -2.00. The molecule has 4 rings (SSSR count). The van der Waals surface area contributed by atoms with E-state index in [2.05, 4.69) is 30.0 Å². The molecule has 0 aliphatic rings. The van der Waals surface area contributed by atoms with Crippen molar-refractivity contribution in [2.24, 2.45) is 0 Å². The Bertz CT molecular complexity index is 1080. The Morgan fingerprint density at radius 3 is 2.74 bits per heavy atom. The Balaban J connectivity index is 1.99. The van der Waals surface area contributed by atoms with Crippen LogP contribution in [-0.4, -0.2) is 14.8 Å². The van der Waals surface area contributed by atoms with Crippen molar-refractivity contribution in [2.75, 3.05) is 0 Å². The fraction of sp³-hybridized carbons (Fsp3) is 0.222. The molecule has 5 heteroatoms. The molecule has 3 aromatic heterocycles. The van der Waals surface area contributed by atoms with E-state index in [4.69, 9.17) is 0 Å². The molecule has 0 atom stereocenters. The first-order valence-corrected chi connectivity index (χ1v) is 8.46. The van der Waals surface area contributed by atoms with Gasteiger partial charge in [0.15, 0.2) is 0 Å². The summed E-state index contributed by atoms with van der Waals surface area (Å²) in [7, 11) is 0. The number of fused-ring (bicyclic) bond motifs is 3. The Morgan fingerprint density at radius 1 is 1.17 bits per heavy atom. The minimum atomic E-state index is -0.0490. The Hall–Kier alpha value is -2.40. The van der Waals surface area contributed by atoms with Crippen LogP contribution in [-0.2, 0) is 0 Å². The number of nitrogens with zero attached hydrogens (tertiary/aromatic N) is 2. The first kappa shape index (κ1) is 14.2. The molecular formula is C18H17N3OS. The number of H-pyrrole nitrogens is 1. The summed E-state index contributed by atoms with van der Waals surface area (Å²) in [6, 6.07) is 10.2. The smallest absolute Gasteiger partial charge is 0.281 e. The van der Waals surface area contributed by atoms with E-state index < -0.39 is 0 Å². The third-order valence-electron chi connectivity index (χ3n) is 4.08. The van der Waals surface area contributed by atoms with E-state index in [0.29, 0.717) is 11.3 Å². The van der Waals surface area contributed by atoms with Gasteiger partial charge in [-0.15, -0.1) is 11.3 Å². The van der Waals surface area contributed by atoms with Crippen molar-refractivity contribution in [1.29, 1.82) is 0 Å². The Morgan fingerprint density at radius 2 is 2.00 bits per heavy atom. The molecule has 0 saturated heterocycles. The van der Waals surface area contributed by atoms with E-state index in [1.807, 2.05) is 31.2 Å². The van der Waals surface area contributed by atoms with Gasteiger partial charge in [-0.2, -0.15) is 0 Å². The van der Waals surface area contributed by atoms with E-state index in [-0.39, 0.29) is 5.56 Å². The summed E-state index contributed by atoms with van der Waals surface area (Å²) in [4.78, 5) is 18.4. The maximum absolute atomic E-state index is 12.7. The summed E-state index contributed by atoms with van der Waals surface area (Å²) in [5.41, 5.74) is 2.86. The van der Waals surface area contributed by atoms with Crippen molar-refractivity contribution in [1.82, 2.24) is 14.8 Å². The van der Waals surface area contributed by atoms with Crippen LogP contribution in [0.2, 0.25) is 0 Å². The molecule has 0 fully saturated rings. The van der Waals surface area contributed by atoms with Crippen LogP contribution < -0.4 is 5.56 Å². The summed E-state index contributed by atoms with van der Waals surface area (Å²) in [5, 5.41) is 5.78. The summed E-state index contributed by atoms with van der Waals surface area (Å²) in [5.74, 6) is 0.458. The Kier molecular flexibility index (Phi) is 3.13. The fourth-order valence-electron chi connectivity index (χ4n) is 2.80. The van der Waals surface area contributed by atoms with Gasteiger partial charge in [-0.3, -0.25) is 14.9 Å². The van der Waals surface area contributed by atoms with Crippen LogP contribution in [0.25, 0.3) is 26.8 Å². The van der Waals surface area contributed by atoms with E-state index in [1.54, 1.807) is 22.2 Å². The van der Waals surface area contributed by atoms with Gasteiger partial charge in [0.2, 0.25) is 0 Å². The molecule has 23 heavy (non-hydrogen) atoms. The molecule has 3 heterocycles. The number of aromatic nitrogens is 3. The van der Waals surface area contributed by atoms with E-state index in [0.717, 1.165) is 27.0 Å². The second-order valence-corrected chi connectivity index (χ2v) is 7.24. The molecule has 0 saturated carbocycles. The molecule has 1 aromatic carbocycles. The highest BCUT2D eigenvalue weighted by atomic mass is 32.1. The maximum Gasteiger partial charge on any atom is 0.281 e. The molecule has 0 spiro atoms. The van der Waals surface area contributed by atoms with Crippen LogP contribution in [0.3, 0.4) is 0 Å². The highest BCUT2D eigenvalue weighted by Gasteiger charge is 2.14. The summed E-state index contributed by atoms with van der Waals surface area (Å²) < 4.78 is 1.63. The molecule has 0 radical (unpaired) electrons. The van der Waals surface area contributed by atoms with Crippen molar-refractivity contribution in [3.8, 4) is 5.00 Å². The number of nitrogens with one attached hydrogen (secondary N) is 1. The number of rotatable bonds is 2. The molecular weight excluding hydrogens is 306 g/mol. The van der Waals surface area contributed by atoms with E-state index in [9.17, 15) is 4.79 Å². The van der Waals surface area contributed by atoms with Gasteiger partial charge in [-0.25, -0.2) is 4.68 Å². The van der Waals surface area contributed by atoms with Crippen molar-refractivity contribution in [2.45, 2.75) is 26.7 Å². The van der Waals surface area contributed by atoms with Gasteiger partial charge in [0.25, 0.3) is 5.56 Å². The number of benzene rings is 1. The van der Waals surface area contributed by atoms with E-state index in [1.165, 1.54) is 4.88 Å². The molecule has 116 valence electrons. The van der Waals surface area contributed by atoms with Gasteiger partial charge < -0.3 is 0 Å². The minimum Gasteiger partial charge on any atom is -0.289 e. The zero-order chi connectivity index (χ0) is 16.1. The molecule has 4 aromatic rings. The van der Waals surface area contributed by atoms with Crippen LogP contribution in [0.1, 0.15) is 30.2 Å². The van der Waals surface area contributed by atoms with Gasteiger partial charge in [-0.1, -0.05) is 26.0 Å². The number of aromatic amines is 1. The lowest BCUT2D eigenvalue weighted by molar-refractivity contribution is 0.881. The first-order chi connectivity index (χ1) is 11.0. The van der Waals surface area contributed by atoms with Crippen molar-refractivity contribution >= 4 is 33.1 Å². The maximum atomic E-state index is 12.7. The van der Waals surface area contributed by atoms with Gasteiger partial charge in [-0.05, 0) is 36.6 Å². The largest absolute Gasteiger partial charge is 0.289 e. The number of thiophene rings is 1. The number of aryl methyl sites for hydroxylation is 1. The normalized spacial score (nSPS) is 11.8. The van der Waals surface area contributed by atoms with E-state index >= 15 is 0 Å². The monoisotopic (exact) mass is 323 g/mol. The quantitative estimate of drug-likeness (QED) is 0.596. The summed E-state index contributed by atoms with van der Waals surface area (Å²) >= 11 is 1.64. The van der Waals surface area contributed by atoms with Crippen LogP contribution in [0.5, 0.6) is 0 Å². The van der Waals surface area contributed by atoms with Crippen LogP contribution in [0.4, 0.5) is 0 Å². The number of hydrogen-bond donors (Lipinski definition) is 1. The van der Waals surface area contributed by atoms with Crippen LogP contribution in [0, 0.1) is 6.92 Å². The highest BCUT2D eigenvalue weighted by molar-refractivity contribution is 7.14. The molecule has 0 bridgehead atoms. The zero-order valence-corrected chi connectivity index (χ0v) is 14.1. The topological polar surface area (TPSA) is 50.7 Å². The van der Waals surface area contributed by atoms with Gasteiger partial charge in [0.1, 0.15) is 5.00 Å². The fourth-order valence-corrected chi connectivity index (χ4v) is 3.77. The predicted octanol–water partition coefficient (Wildman–Crippen LogP) is 4.36. The lowest BCUT2D eigenvalue weighted by atomic mass is 10.1. The number of hydrogen-bond acceptors (Lipinski definition) is 3. The minimum absolute atomic E-state index is 0.0490. The van der Waals surface area contributed by atoms with Crippen molar-refractivity contribution in [3.63, 3.8) is 0 Å². The SMILES string of the molecule is Cc1ccc2c(c1)ncc1c(=O)n(-c3ccc(C(C)C)s3)[nH]c12. The summed E-state index contributed by atoms with van der Waals surface area (Å²) in [6.45, 7) is 6.35. The lowest BCUT2D eigenvalue weighted by Crippen LogP contribution is -2.12. The van der Waals surface area contributed by atoms with Gasteiger partial charge in [0.05, 0.1) is 16.4 Å². The van der Waals surface area contributed by atoms with Gasteiger partial charge >= 0.3 is 0 Å². The molecule has 1 N–H and O–H groups in total. The van der Waals surface area contributed by atoms with Gasteiger partial charge in [0, 0.05) is 16.5 Å². The average molecular weight is 323 g/mol. The summed E-state index contributed by atoms with van der Waals surface area (Å²) in [6.07, 6.45) is 1.67. The Labute approximate surface area is 137 Å². The molecule has 0 aliphatic carbocycles.